The summed E-state index contributed by atoms with van der Waals surface area (Å²) in [7, 11) is 1.69. The highest BCUT2D eigenvalue weighted by molar-refractivity contribution is 5.94. The summed E-state index contributed by atoms with van der Waals surface area (Å²) in [5, 5.41) is 19.9. The molecule has 0 saturated carbocycles. The van der Waals surface area contributed by atoms with Crippen molar-refractivity contribution in [2.24, 2.45) is 7.05 Å². The van der Waals surface area contributed by atoms with E-state index in [4.69, 9.17) is 5.11 Å². The van der Waals surface area contributed by atoms with E-state index < -0.39 is 5.97 Å². The third kappa shape index (κ3) is 2.12. The molecule has 0 radical (unpaired) electrons. The van der Waals surface area contributed by atoms with E-state index in [0.717, 1.165) is 0 Å². The van der Waals surface area contributed by atoms with Gasteiger partial charge in [0.2, 0.25) is 0 Å². The van der Waals surface area contributed by atoms with Crippen molar-refractivity contribution in [2.75, 3.05) is 5.32 Å². The average molecular weight is 236 g/mol. The lowest BCUT2D eigenvalue weighted by molar-refractivity contribution is 0.0697. The van der Waals surface area contributed by atoms with E-state index in [9.17, 15) is 4.79 Å². The largest absolute Gasteiger partial charge is 0.477 e. The van der Waals surface area contributed by atoms with Gasteiger partial charge in [0.15, 0.2) is 0 Å². The number of carboxylic acids is 1. The molecular weight excluding hydrogens is 224 g/mol. The van der Waals surface area contributed by atoms with Gasteiger partial charge in [-0.25, -0.2) is 4.79 Å². The van der Waals surface area contributed by atoms with Crippen LogP contribution in [0.3, 0.4) is 0 Å². The molecule has 7 heteroatoms. The third-order valence-electron chi connectivity index (χ3n) is 2.36. The third-order valence-corrected chi connectivity index (χ3v) is 2.36. The summed E-state index contributed by atoms with van der Waals surface area (Å²) in [6.07, 6.45) is 1.46. The minimum absolute atomic E-state index is 0.177. The summed E-state index contributed by atoms with van der Waals surface area (Å²) in [5.74, 6) is -0.545. The summed E-state index contributed by atoms with van der Waals surface area (Å²) >= 11 is 0. The van der Waals surface area contributed by atoms with Gasteiger partial charge in [-0.05, 0) is 6.92 Å². The predicted octanol–water partition coefficient (Wildman–Crippen LogP) is 1.03. The first-order valence-electron chi connectivity index (χ1n) is 4.99. The normalized spacial score (nSPS) is 10.5. The number of aromatic carboxylic acids is 1. The molecule has 2 rings (SSSR count). The molecule has 0 unspecified atom stereocenters. The van der Waals surface area contributed by atoms with Crippen LogP contribution in [0.2, 0.25) is 0 Å². The van der Waals surface area contributed by atoms with E-state index in [1.54, 1.807) is 20.0 Å². The van der Waals surface area contributed by atoms with Crippen molar-refractivity contribution >= 4 is 11.8 Å². The fraction of sp³-hybridized carbons (Fsp3) is 0.300. The van der Waals surface area contributed by atoms with Crippen LogP contribution in [0.4, 0.5) is 5.82 Å². The lowest BCUT2D eigenvalue weighted by atomic mass is 10.2. The number of hydrogen-bond donors (Lipinski definition) is 2. The van der Waals surface area contributed by atoms with Gasteiger partial charge in [0.25, 0.3) is 0 Å². The smallest absolute Gasteiger partial charge is 0.341 e. The zero-order valence-corrected chi connectivity index (χ0v) is 9.47. The number of nitrogens with one attached hydrogen (secondary N) is 1. The molecule has 0 aliphatic rings. The number of carbonyl (C=O) groups is 1. The van der Waals surface area contributed by atoms with Gasteiger partial charge in [-0.2, -0.15) is 5.10 Å². The Morgan fingerprint density at radius 2 is 2.41 bits per heavy atom. The van der Waals surface area contributed by atoms with Crippen LogP contribution in [-0.2, 0) is 13.6 Å². The number of rotatable bonds is 4. The summed E-state index contributed by atoms with van der Waals surface area (Å²) in [6.45, 7) is 2.04. The highest BCUT2D eigenvalue weighted by Crippen LogP contribution is 2.19. The summed E-state index contributed by atoms with van der Waals surface area (Å²) in [5.41, 5.74) is 1.35. The first-order chi connectivity index (χ1) is 8.09. The topological polar surface area (TPSA) is 93.2 Å². The highest BCUT2D eigenvalue weighted by Gasteiger charge is 2.19. The van der Waals surface area contributed by atoms with Crippen molar-refractivity contribution in [3.8, 4) is 0 Å². The molecular formula is C10H12N4O3. The highest BCUT2D eigenvalue weighted by atomic mass is 16.5. The molecule has 0 bridgehead atoms. The molecule has 2 aromatic rings. The summed E-state index contributed by atoms with van der Waals surface area (Å²) < 4.78 is 6.19. The number of carboxylic acid groups (broad SMARTS) is 1. The van der Waals surface area contributed by atoms with Crippen LogP contribution >= 0.6 is 0 Å². The molecule has 0 aliphatic carbocycles. The SMILES string of the molecule is Cc1nn(C)c(NCc2ccon2)c1C(=O)O. The van der Waals surface area contributed by atoms with Crippen LogP contribution in [0.1, 0.15) is 21.7 Å². The van der Waals surface area contributed by atoms with Crippen LogP contribution < -0.4 is 5.32 Å². The zero-order valence-electron chi connectivity index (χ0n) is 9.47. The van der Waals surface area contributed by atoms with Crippen LogP contribution in [0.15, 0.2) is 16.9 Å². The number of anilines is 1. The molecule has 0 saturated heterocycles. The van der Waals surface area contributed by atoms with E-state index in [0.29, 0.717) is 23.8 Å². The quantitative estimate of drug-likeness (QED) is 0.823. The Kier molecular flexibility index (Phi) is 2.82. The average Bonchev–Trinajstić information content (AvgIpc) is 2.83. The Balaban J connectivity index is 2.23. The number of nitrogens with zero attached hydrogens (tertiary/aromatic N) is 3. The van der Waals surface area contributed by atoms with Gasteiger partial charge in [-0.1, -0.05) is 5.16 Å². The second-order valence-corrected chi connectivity index (χ2v) is 3.58. The van der Waals surface area contributed by atoms with Crippen molar-refractivity contribution in [1.82, 2.24) is 14.9 Å². The molecule has 2 N–H and O–H groups in total. The molecule has 7 nitrogen and oxygen atoms in total. The molecule has 2 heterocycles. The van der Waals surface area contributed by atoms with Gasteiger partial charge in [0.05, 0.1) is 12.2 Å². The van der Waals surface area contributed by atoms with E-state index in [1.807, 2.05) is 0 Å². The lowest BCUT2D eigenvalue weighted by Gasteiger charge is -2.05. The fourth-order valence-electron chi connectivity index (χ4n) is 1.62. The Labute approximate surface area is 97.0 Å². The second-order valence-electron chi connectivity index (χ2n) is 3.58. The standard InChI is InChI=1S/C10H12N4O3/c1-6-8(10(15)16)9(14(2)12-6)11-5-7-3-4-17-13-7/h3-4,11H,5H2,1-2H3,(H,15,16). The van der Waals surface area contributed by atoms with Crippen LogP contribution in [0.5, 0.6) is 0 Å². The van der Waals surface area contributed by atoms with Gasteiger partial charge >= 0.3 is 5.97 Å². The van der Waals surface area contributed by atoms with Crippen LogP contribution in [-0.4, -0.2) is 26.0 Å². The van der Waals surface area contributed by atoms with Crippen molar-refractivity contribution in [1.29, 1.82) is 0 Å². The lowest BCUT2D eigenvalue weighted by Crippen LogP contribution is -2.09. The first kappa shape index (κ1) is 11.2. The maximum Gasteiger partial charge on any atom is 0.341 e. The van der Waals surface area contributed by atoms with Gasteiger partial charge in [-0.3, -0.25) is 4.68 Å². The Morgan fingerprint density at radius 1 is 1.65 bits per heavy atom. The van der Waals surface area contributed by atoms with Crippen molar-refractivity contribution in [2.45, 2.75) is 13.5 Å². The number of aromatic nitrogens is 3. The van der Waals surface area contributed by atoms with E-state index in [2.05, 4.69) is 20.1 Å². The molecule has 0 atom stereocenters. The fourth-order valence-corrected chi connectivity index (χ4v) is 1.62. The van der Waals surface area contributed by atoms with Gasteiger partial charge in [0.1, 0.15) is 23.3 Å². The Bertz CT molecular complexity index is 530. The van der Waals surface area contributed by atoms with E-state index >= 15 is 0 Å². The van der Waals surface area contributed by atoms with Crippen molar-refractivity contribution in [3.63, 3.8) is 0 Å². The monoisotopic (exact) mass is 236 g/mol. The van der Waals surface area contributed by atoms with Gasteiger partial charge in [-0.15, -0.1) is 0 Å². The second kappa shape index (κ2) is 4.28. The predicted molar refractivity (Wildman–Crippen MR) is 58.7 cm³/mol. The van der Waals surface area contributed by atoms with E-state index in [-0.39, 0.29) is 5.56 Å². The Morgan fingerprint density at radius 3 is 3.00 bits per heavy atom. The van der Waals surface area contributed by atoms with Crippen molar-refractivity contribution < 1.29 is 14.4 Å². The maximum absolute atomic E-state index is 11.1. The molecule has 0 fully saturated rings. The van der Waals surface area contributed by atoms with Crippen LogP contribution in [0, 0.1) is 6.92 Å². The van der Waals surface area contributed by atoms with Gasteiger partial charge in [0, 0.05) is 13.1 Å². The number of hydrogen-bond acceptors (Lipinski definition) is 5. The Hall–Kier alpha value is -2.31. The molecule has 0 aromatic carbocycles. The molecule has 2 aromatic heterocycles. The summed E-state index contributed by atoms with van der Waals surface area (Å²) in [4.78, 5) is 11.1. The maximum atomic E-state index is 11.1. The molecule has 0 aliphatic heterocycles. The van der Waals surface area contributed by atoms with Crippen LogP contribution in [0.25, 0.3) is 0 Å². The molecule has 17 heavy (non-hydrogen) atoms. The summed E-state index contributed by atoms with van der Waals surface area (Å²) in [6, 6.07) is 1.71. The zero-order chi connectivity index (χ0) is 12.4. The molecule has 90 valence electrons. The number of aryl methyl sites for hydroxylation is 2. The van der Waals surface area contributed by atoms with Gasteiger partial charge < -0.3 is 14.9 Å². The van der Waals surface area contributed by atoms with Crippen molar-refractivity contribution in [3.05, 3.63) is 29.3 Å². The first-order valence-corrected chi connectivity index (χ1v) is 4.99. The molecule has 0 amide bonds. The van der Waals surface area contributed by atoms with E-state index in [1.165, 1.54) is 10.9 Å². The minimum Gasteiger partial charge on any atom is -0.477 e. The minimum atomic E-state index is -1.00. The molecule has 0 spiro atoms.